The third kappa shape index (κ3) is 2.43. The summed E-state index contributed by atoms with van der Waals surface area (Å²) >= 11 is 0. The van der Waals surface area contributed by atoms with Crippen LogP contribution in [0.15, 0.2) is 12.2 Å². The van der Waals surface area contributed by atoms with E-state index in [9.17, 15) is 4.79 Å². The van der Waals surface area contributed by atoms with Gasteiger partial charge in [0.1, 0.15) is 6.10 Å². The molecule has 12 heavy (non-hydrogen) atoms. The van der Waals surface area contributed by atoms with Crippen molar-refractivity contribution in [2.24, 2.45) is 5.92 Å². The largest absolute Gasteiger partial charge is 0.365 e. The molecule has 0 aliphatic carbocycles. The van der Waals surface area contributed by atoms with Crippen LogP contribution in [0.25, 0.3) is 0 Å². The standard InChI is InChI=1S/C9H14O3/c1-6(2)5-8-7(10)3-4-9(11)12-8/h3-4,6,8-9,11H,5H2,1-2H3/t8-,9-/m1/s1. The number of carbonyl (C=O) groups excluding carboxylic acids is 1. The Labute approximate surface area is 72.0 Å². The first-order chi connectivity index (χ1) is 5.59. The van der Waals surface area contributed by atoms with Crippen LogP contribution in [0.3, 0.4) is 0 Å². The summed E-state index contributed by atoms with van der Waals surface area (Å²) in [6.45, 7) is 4.03. The van der Waals surface area contributed by atoms with Gasteiger partial charge in [0.2, 0.25) is 0 Å². The number of hydrogen-bond acceptors (Lipinski definition) is 3. The maximum atomic E-state index is 11.2. The lowest BCUT2D eigenvalue weighted by Crippen LogP contribution is -2.32. The molecule has 0 aromatic rings. The van der Waals surface area contributed by atoms with Crippen LogP contribution in [-0.2, 0) is 9.53 Å². The highest BCUT2D eigenvalue weighted by Crippen LogP contribution is 2.15. The molecule has 2 atom stereocenters. The highest BCUT2D eigenvalue weighted by atomic mass is 16.6. The first kappa shape index (κ1) is 9.42. The van der Waals surface area contributed by atoms with Gasteiger partial charge in [-0.15, -0.1) is 0 Å². The molecule has 0 aromatic carbocycles. The Kier molecular flexibility index (Phi) is 3.00. The SMILES string of the molecule is CC(C)C[C@H]1O[C@@H](O)C=CC1=O. The van der Waals surface area contributed by atoms with E-state index < -0.39 is 12.4 Å². The van der Waals surface area contributed by atoms with Gasteiger partial charge in [-0.1, -0.05) is 13.8 Å². The molecule has 1 aliphatic heterocycles. The topological polar surface area (TPSA) is 46.5 Å². The van der Waals surface area contributed by atoms with Crippen molar-refractivity contribution in [1.82, 2.24) is 0 Å². The minimum Gasteiger partial charge on any atom is -0.365 e. The lowest BCUT2D eigenvalue weighted by molar-refractivity contribution is -0.150. The molecule has 1 rings (SSSR count). The maximum absolute atomic E-state index is 11.2. The monoisotopic (exact) mass is 170 g/mol. The Balaban J connectivity index is 2.54. The van der Waals surface area contributed by atoms with E-state index in [2.05, 4.69) is 0 Å². The second-order valence-corrected chi connectivity index (χ2v) is 3.41. The highest BCUT2D eigenvalue weighted by molar-refractivity contribution is 5.94. The molecule has 0 unspecified atom stereocenters. The maximum Gasteiger partial charge on any atom is 0.184 e. The molecule has 0 amide bonds. The van der Waals surface area contributed by atoms with Gasteiger partial charge in [0.15, 0.2) is 12.1 Å². The van der Waals surface area contributed by atoms with Crippen LogP contribution in [-0.4, -0.2) is 23.3 Å². The van der Waals surface area contributed by atoms with Gasteiger partial charge >= 0.3 is 0 Å². The van der Waals surface area contributed by atoms with Crippen LogP contribution in [0.1, 0.15) is 20.3 Å². The van der Waals surface area contributed by atoms with Crippen LogP contribution < -0.4 is 0 Å². The van der Waals surface area contributed by atoms with E-state index in [1.807, 2.05) is 13.8 Å². The zero-order valence-corrected chi connectivity index (χ0v) is 7.36. The number of aliphatic hydroxyl groups is 1. The van der Waals surface area contributed by atoms with Gasteiger partial charge in [-0.3, -0.25) is 4.79 Å². The molecule has 1 aliphatic rings. The molecule has 1 N–H and O–H groups in total. The summed E-state index contributed by atoms with van der Waals surface area (Å²) in [6.07, 6.45) is 2.05. The Bertz CT molecular complexity index is 196. The van der Waals surface area contributed by atoms with E-state index in [0.717, 1.165) is 0 Å². The highest BCUT2D eigenvalue weighted by Gasteiger charge is 2.24. The Morgan fingerprint density at radius 3 is 2.92 bits per heavy atom. The lowest BCUT2D eigenvalue weighted by atomic mass is 10.0. The number of aliphatic hydroxyl groups excluding tert-OH is 1. The summed E-state index contributed by atoms with van der Waals surface area (Å²) in [7, 11) is 0. The molecule has 0 saturated carbocycles. The normalized spacial score (nSPS) is 29.8. The van der Waals surface area contributed by atoms with Crippen molar-refractivity contribution in [3.63, 3.8) is 0 Å². The fraction of sp³-hybridized carbons (Fsp3) is 0.667. The fourth-order valence-electron chi connectivity index (χ4n) is 1.17. The van der Waals surface area contributed by atoms with Crippen molar-refractivity contribution in [3.05, 3.63) is 12.2 Å². The summed E-state index contributed by atoms with van der Waals surface area (Å²) in [6, 6.07) is 0. The number of hydrogen-bond donors (Lipinski definition) is 1. The van der Waals surface area contributed by atoms with Crippen LogP contribution >= 0.6 is 0 Å². The summed E-state index contributed by atoms with van der Waals surface area (Å²) in [5, 5.41) is 9.05. The van der Waals surface area contributed by atoms with Gasteiger partial charge in [0.05, 0.1) is 0 Å². The molecule has 3 nitrogen and oxygen atoms in total. The zero-order valence-electron chi connectivity index (χ0n) is 7.36. The minimum absolute atomic E-state index is 0.0472. The van der Waals surface area contributed by atoms with Crippen molar-refractivity contribution in [2.45, 2.75) is 32.7 Å². The Hall–Kier alpha value is -0.670. The lowest BCUT2D eigenvalue weighted by Gasteiger charge is -2.22. The van der Waals surface area contributed by atoms with E-state index in [1.165, 1.54) is 12.2 Å². The van der Waals surface area contributed by atoms with Crippen molar-refractivity contribution in [3.8, 4) is 0 Å². The summed E-state index contributed by atoms with van der Waals surface area (Å²) in [5.74, 6) is 0.353. The number of ketones is 1. The third-order valence-electron chi connectivity index (χ3n) is 1.73. The number of rotatable bonds is 2. The smallest absolute Gasteiger partial charge is 0.184 e. The molecule has 0 radical (unpaired) electrons. The van der Waals surface area contributed by atoms with Gasteiger partial charge in [-0.2, -0.15) is 0 Å². The van der Waals surface area contributed by atoms with Gasteiger partial charge in [-0.05, 0) is 24.5 Å². The van der Waals surface area contributed by atoms with Crippen LogP contribution in [0.5, 0.6) is 0 Å². The van der Waals surface area contributed by atoms with Crippen molar-refractivity contribution >= 4 is 5.78 Å². The third-order valence-corrected chi connectivity index (χ3v) is 1.73. The van der Waals surface area contributed by atoms with Crippen molar-refractivity contribution < 1.29 is 14.6 Å². The second kappa shape index (κ2) is 3.83. The first-order valence-corrected chi connectivity index (χ1v) is 4.15. The summed E-state index contributed by atoms with van der Waals surface area (Å²) < 4.78 is 5.03. The molecule has 1 heterocycles. The van der Waals surface area contributed by atoms with E-state index in [0.29, 0.717) is 12.3 Å². The van der Waals surface area contributed by atoms with Crippen molar-refractivity contribution in [2.75, 3.05) is 0 Å². The molecule has 0 fully saturated rings. The van der Waals surface area contributed by atoms with Gasteiger partial charge in [-0.25, -0.2) is 0 Å². The van der Waals surface area contributed by atoms with Gasteiger partial charge < -0.3 is 9.84 Å². The van der Waals surface area contributed by atoms with Crippen LogP contribution in [0, 0.1) is 5.92 Å². The molecule has 0 bridgehead atoms. The summed E-state index contributed by atoms with van der Waals surface area (Å²) in [4.78, 5) is 11.2. The van der Waals surface area contributed by atoms with Crippen LogP contribution in [0.2, 0.25) is 0 Å². The molecular weight excluding hydrogens is 156 g/mol. The first-order valence-electron chi connectivity index (χ1n) is 4.15. The van der Waals surface area contributed by atoms with E-state index in [-0.39, 0.29) is 5.78 Å². The predicted octanol–water partition coefficient (Wildman–Crippen LogP) is 0.875. The molecular formula is C9H14O3. The molecule has 0 aromatic heterocycles. The number of carbonyl (C=O) groups is 1. The Morgan fingerprint density at radius 2 is 2.33 bits per heavy atom. The van der Waals surface area contributed by atoms with E-state index in [4.69, 9.17) is 9.84 Å². The minimum atomic E-state index is -0.911. The van der Waals surface area contributed by atoms with E-state index >= 15 is 0 Å². The molecule has 68 valence electrons. The number of ether oxygens (including phenoxy) is 1. The predicted molar refractivity (Wildman–Crippen MR) is 44.5 cm³/mol. The zero-order chi connectivity index (χ0) is 9.14. The van der Waals surface area contributed by atoms with Crippen molar-refractivity contribution in [1.29, 1.82) is 0 Å². The van der Waals surface area contributed by atoms with Crippen LogP contribution in [0.4, 0.5) is 0 Å². The Morgan fingerprint density at radius 1 is 1.67 bits per heavy atom. The quantitative estimate of drug-likeness (QED) is 0.669. The fourth-order valence-corrected chi connectivity index (χ4v) is 1.17. The van der Waals surface area contributed by atoms with Gasteiger partial charge in [0, 0.05) is 0 Å². The molecule has 0 spiro atoms. The van der Waals surface area contributed by atoms with E-state index in [1.54, 1.807) is 0 Å². The average molecular weight is 170 g/mol. The van der Waals surface area contributed by atoms with Gasteiger partial charge in [0.25, 0.3) is 0 Å². The average Bonchev–Trinajstić information content (AvgIpc) is 1.96. The molecule has 0 saturated heterocycles. The molecule has 3 heteroatoms. The summed E-state index contributed by atoms with van der Waals surface area (Å²) in [5.41, 5.74) is 0. The second-order valence-electron chi connectivity index (χ2n) is 3.41.